The number of hydrogen-bond donors (Lipinski definition) is 1. The van der Waals surface area contributed by atoms with E-state index in [1.807, 2.05) is 30.3 Å². The van der Waals surface area contributed by atoms with E-state index in [-0.39, 0.29) is 12.2 Å². The molecule has 1 heterocycles. The molecular weight excluding hydrogens is 310 g/mol. The molecule has 1 aromatic rings. The smallest absolute Gasteiger partial charge is 0.328 e. The van der Waals surface area contributed by atoms with E-state index in [4.69, 9.17) is 14.2 Å². The maximum atomic E-state index is 12.0. The molecule has 6 heteroatoms. The van der Waals surface area contributed by atoms with Gasteiger partial charge in [-0.2, -0.15) is 0 Å². The lowest BCUT2D eigenvalue weighted by Gasteiger charge is -2.16. The van der Waals surface area contributed by atoms with Crippen molar-refractivity contribution >= 4 is 18.0 Å². The van der Waals surface area contributed by atoms with Crippen molar-refractivity contribution in [2.45, 2.75) is 31.6 Å². The van der Waals surface area contributed by atoms with Crippen molar-refractivity contribution in [1.82, 2.24) is 5.32 Å². The number of carbonyl (C=O) groups excluding carboxylic acids is 2. The number of esters is 1. The van der Waals surface area contributed by atoms with Crippen LogP contribution in [0.25, 0.3) is 6.08 Å². The molecule has 24 heavy (non-hydrogen) atoms. The van der Waals surface area contributed by atoms with Crippen molar-refractivity contribution in [2.24, 2.45) is 0 Å². The van der Waals surface area contributed by atoms with Gasteiger partial charge in [0.1, 0.15) is 6.04 Å². The Balaban J connectivity index is 1.81. The SMILES string of the molecule is COC(=O)[C@H](CCCC1OCCO1)NC(=O)/C=C/c1ccccc1. The number of hydrogen-bond acceptors (Lipinski definition) is 5. The molecule has 1 N–H and O–H groups in total. The van der Waals surface area contributed by atoms with Gasteiger partial charge in [0.2, 0.25) is 5.91 Å². The molecule has 0 unspecified atom stereocenters. The molecule has 1 amide bonds. The fourth-order valence-corrected chi connectivity index (χ4v) is 2.41. The van der Waals surface area contributed by atoms with Crippen LogP contribution >= 0.6 is 0 Å². The van der Waals surface area contributed by atoms with Gasteiger partial charge in [-0.15, -0.1) is 0 Å². The van der Waals surface area contributed by atoms with Crippen molar-refractivity contribution in [3.8, 4) is 0 Å². The third kappa shape index (κ3) is 6.14. The molecule has 0 bridgehead atoms. The van der Waals surface area contributed by atoms with Crippen LogP contribution in [-0.2, 0) is 23.8 Å². The van der Waals surface area contributed by atoms with Crippen molar-refractivity contribution in [1.29, 1.82) is 0 Å². The first-order valence-electron chi connectivity index (χ1n) is 8.03. The largest absolute Gasteiger partial charge is 0.467 e. The van der Waals surface area contributed by atoms with Crippen molar-refractivity contribution in [3.05, 3.63) is 42.0 Å². The molecule has 1 aliphatic heterocycles. The summed E-state index contributed by atoms with van der Waals surface area (Å²) in [5.41, 5.74) is 0.915. The summed E-state index contributed by atoms with van der Waals surface area (Å²) in [6, 6.07) is 8.79. The number of ether oxygens (including phenoxy) is 3. The van der Waals surface area contributed by atoms with E-state index >= 15 is 0 Å². The number of nitrogens with one attached hydrogen (secondary N) is 1. The normalized spacial score (nSPS) is 16.2. The third-order valence-electron chi connectivity index (χ3n) is 3.65. The fourth-order valence-electron chi connectivity index (χ4n) is 2.41. The molecule has 1 saturated heterocycles. The third-order valence-corrected chi connectivity index (χ3v) is 3.65. The van der Waals surface area contributed by atoms with Crippen LogP contribution < -0.4 is 5.32 Å². The highest BCUT2D eigenvalue weighted by atomic mass is 16.7. The molecule has 0 aliphatic carbocycles. The highest BCUT2D eigenvalue weighted by Crippen LogP contribution is 2.13. The Labute approximate surface area is 141 Å². The van der Waals surface area contributed by atoms with Crippen LogP contribution in [0.2, 0.25) is 0 Å². The second kappa shape index (κ2) is 9.85. The Bertz CT molecular complexity index is 552. The van der Waals surface area contributed by atoms with E-state index in [0.717, 1.165) is 5.56 Å². The van der Waals surface area contributed by atoms with Crippen LogP contribution in [0.5, 0.6) is 0 Å². The van der Waals surface area contributed by atoms with Crippen LogP contribution in [0.4, 0.5) is 0 Å². The molecule has 0 radical (unpaired) electrons. The van der Waals surface area contributed by atoms with Gasteiger partial charge in [0.05, 0.1) is 20.3 Å². The summed E-state index contributed by atoms with van der Waals surface area (Å²) in [7, 11) is 1.31. The molecule has 1 aliphatic rings. The molecule has 6 nitrogen and oxygen atoms in total. The van der Waals surface area contributed by atoms with Crippen molar-refractivity contribution < 1.29 is 23.8 Å². The fraction of sp³-hybridized carbons (Fsp3) is 0.444. The molecular formula is C18H23NO5. The maximum Gasteiger partial charge on any atom is 0.328 e. The lowest BCUT2D eigenvalue weighted by Crippen LogP contribution is -2.40. The zero-order valence-corrected chi connectivity index (χ0v) is 13.8. The Hall–Kier alpha value is -2.18. The van der Waals surface area contributed by atoms with Gasteiger partial charge in [-0.25, -0.2) is 4.79 Å². The predicted octanol–water partition coefficient (Wildman–Crippen LogP) is 1.90. The van der Waals surface area contributed by atoms with E-state index in [1.54, 1.807) is 6.08 Å². The van der Waals surface area contributed by atoms with E-state index < -0.39 is 12.0 Å². The first-order chi connectivity index (χ1) is 11.7. The summed E-state index contributed by atoms with van der Waals surface area (Å²) < 4.78 is 15.5. The summed E-state index contributed by atoms with van der Waals surface area (Å²) in [5, 5.41) is 2.68. The Morgan fingerprint density at radius 1 is 1.29 bits per heavy atom. The lowest BCUT2D eigenvalue weighted by molar-refractivity contribution is -0.145. The Morgan fingerprint density at radius 2 is 2.00 bits per heavy atom. The molecule has 1 aromatic carbocycles. The van der Waals surface area contributed by atoms with Gasteiger partial charge < -0.3 is 19.5 Å². The Morgan fingerprint density at radius 3 is 2.67 bits per heavy atom. The van der Waals surface area contributed by atoms with Gasteiger partial charge in [-0.1, -0.05) is 30.3 Å². The minimum absolute atomic E-state index is 0.211. The summed E-state index contributed by atoms with van der Waals surface area (Å²) in [5.74, 6) is -0.785. The molecule has 1 atom stereocenters. The lowest BCUT2D eigenvalue weighted by atomic mass is 10.1. The molecule has 0 spiro atoms. The number of benzene rings is 1. The topological polar surface area (TPSA) is 73.9 Å². The van der Waals surface area contributed by atoms with Gasteiger partial charge in [-0.3, -0.25) is 4.79 Å². The summed E-state index contributed by atoms with van der Waals surface area (Å²) in [6.45, 7) is 1.21. The van der Waals surface area contributed by atoms with E-state index in [2.05, 4.69) is 5.32 Å². The van der Waals surface area contributed by atoms with Crippen LogP contribution in [0.1, 0.15) is 24.8 Å². The van der Waals surface area contributed by atoms with Gasteiger partial charge in [0.25, 0.3) is 0 Å². The molecule has 2 rings (SSSR count). The number of rotatable bonds is 8. The number of carbonyl (C=O) groups is 2. The van der Waals surface area contributed by atoms with Crippen LogP contribution in [0.3, 0.4) is 0 Å². The van der Waals surface area contributed by atoms with Gasteiger partial charge in [-0.05, 0) is 30.9 Å². The van der Waals surface area contributed by atoms with Crippen LogP contribution in [0, 0.1) is 0 Å². The second-order valence-electron chi connectivity index (χ2n) is 5.43. The minimum Gasteiger partial charge on any atom is -0.467 e. The first-order valence-corrected chi connectivity index (χ1v) is 8.03. The number of methoxy groups -OCH3 is 1. The molecule has 130 valence electrons. The van der Waals surface area contributed by atoms with E-state index in [9.17, 15) is 9.59 Å². The molecule has 0 aromatic heterocycles. The summed E-state index contributed by atoms with van der Waals surface area (Å²) in [4.78, 5) is 23.8. The van der Waals surface area contributed by atoms with E-state index in [1.165, 1.54) is 13.2 Å². The maximum absolute atomic E-state index is 12.0. The minimum atomic E-state index is -0.677. The number of amides is 1. The van der Waals surface area contributed by atoms with Crippen LogP contribution in [-0.4, -0.2) is 44.5 Å². The summed E-state index contributed by atoms with van der Waals surface area (Å²) >= 11 is 0. The first kappa shape index (κ1) is 18.2. The van der Waals surface area contributed by atoms with Crippen molar-refractivity contribution in [2.75, 3.05) is 20.3 Å². The average molecular weight is 333 g/mol. The van der Waals surface area contributed by atoms with E-state index in [0.29, 0.717) is 32.5 Å². The van der Waals surface area contributed by atoms with Gasteiger partial charge in [0.15, 0.2) is 6.29 Å². The zero-order chi connectivity index (χ0) is 17.2. The van der Waals surface area contributed by atoms with Crippen LogP contribution in [0.15, 0.2) is 36.4 Å². The second-order valence-corrected chi connectivity index (χ2v) is 5.43. The van der Waals surface area contributed by atoms with Gasteiger partial charge in [0, 0.05) is 6.08 Å². The summed E-state index contributed by atoms with van der Waals surface area (Å²) in [6.07, 6.45) is 4.74. The average Bonchev–Trinajstić information content (AvgIpc) is 3.12. The predicted molar refractivity (Wildman–Crippen MR) is 89.0 cm³/mol. The van der Waals surface area contributed by atoms with Gasteiger partial charge >= 0.3 is 5.97 Å². The monoisotopic (exact) mass is 333 g/mol. The molecule has 1 fully saturated rings. The quantitative estimate of drug-likeness (QED) is 0.581. The zero-order valence-electron chi connectivity index (χ0n) is 13.8. The standard InChI is InChI=1S/C18H23NO5/c1-22-18(21)15(8-5-9-17-23-12-13-24-17)19-16(20)11-10-14-6-3-2-4-7-14/h2-4,6-7,10-11,15,17H,5,8-9,12-13H2,1H3,(H,19,20)/b11-10+/t15-/m0/s1. The highest BCUT2D eigenvalue weighted by molar-refractivity contribution is 5.94. The Kier molecular flexibility index (Phi) is 7.45. The van der Waals surface area contributed by atoms with Crippen molar-refractivity contribution in [3.63, 3.8) is 0 Å². The molecule has 0 saturated carbocycles. The highest BCUT2D eigenvalue weighted by Gasteiger charge is 2.22.